The Balaban J connectivity index is 1.83. The van der Waals surface area contributed by atoms with Crippen molar-refractivity contribution in [2.45, 2.75) is 6.54 Å². The van der Waals surface area contributed by atoms with Crippen LogP contribution in [0.4, 0.5) is 5.69 Å². The summed E-state index contributed by atoms with van der Waals surface area (Å²) in [6.45, 7) is 0.671. The van der Waals surface area contributed by atoms with E-state index in [0.717, 1.165) is 38.3 Å². The van der Waals surface area contributed by atoms with E-state index in [9.17, 15) is 0 Å². The average molecular weight is 476 g/mol. The van der Waals surface area contributed by atoms with Crippen molar-refractivity contribution >= 4 is 45.1 Å². The number of hydrogen-bond acceptors (Lipinski definition) is 4. The Labute approximate surface area is 178 Å². The average Bonchev–Trinajstić information content (AvgIpc) is 2.74. The molecule has 0 aliphatic carbocycles. The molecule has 1 aliphatic rings. The van der Waals surface area contributed by atoms with E-state index in [-0.39, 0.29) is 0 Å². The Morgan fingerprint density at radius 3 is 2.14 bits per heavy atom. The Morgan fingerprint density at radius 2 is 1.54 bits per heavy atom. The van der Waals surface area contributed by atoms with Crippen LogP contribution in [-0.4, -0.2) is 14.2 Å². The topological polar surface area (TPSA) is 30.9 Å². The first-order valence-electron chi connectivity index (χ1n) is 8.68. The lowest BCUT2D eigenvalue weighted by Crippen LogP contribution is -2.32. The van der Waals surface area contributed by atoms with Gasteiger partial charge in [-0.3, -0.25) is 0 Å². The standard InChI is InChI=1S/C21H19BrNO3PS/c1-24-18-6-4-17(5-7-18)23-14-15-13-16(22)3-12-21(15)26-27(23,28)20-10-8-19(25-2)9-11-20/h3-13H,14H2,1-2H3. The quantitative estimate of drug-likeness (QED) is 0.465. The van der Waals surface area contributed by atoms with Crippen molar-refractivity contribution in [3.63, 3.8) is 0 Å². The highest BCUT2D eigenvalue weighted by molar-refractivity contribution is 9.10. The van der Waals surface area contributed by atoms with E-state index in [4.69, 9.17) is 25.8 Å². The predicted octanol–water partition coefficient (Wildman–Crippen LogP) is 5.50. The molecule has 0 aromatic heterocycles. The van der Waals surface area contributed by atoms with Gasteiger partial charge in [0.1, 0.15) is 17.2 Å². The van der Waals surface area contributed by atoms with E-state index >= 15 is 0 Å². The molecule has 1 atom stereocenters. The summed E-state index contributed by atoms with van der Waals surface area (Å²) in [5.74, 6) is 2.44. The largest absolute Gasteiger partial charge is 0.497 e. The highest BCUT2D eigenvalue weighted by Crippen LogP contribution is 2.57. The fraction of sp³-hybridized carbons (Fsp3) is 0.143. The van der Waals surface area contributed by atoms with Crippen LogP contribution in [0.25, 0.3) is 0 Å². The first kappa shape index (κ1) is 19.3. The van der Waals surface area contributed by atoms with Crippen molar-refractivity contribution in [1.29, 1.82) is 0 Å². The van der Waals surface area contributed by atoms with Gasteiger partial charge < -0.3 is 18.7 Å². The number of halogens is 1. The monoisotopic (exact) mass is 475 g/mol. The smallest absolute Gasteiger partial charge is 0.234 e. The number of rotatable bonds is 4. The Kier molecular flexibility index (Phi) is 5.37. The fourth-order valence-corrected chi connectivity index (χ4v) is 6.86. The van der Waals surface area contributed by atoms with E-state index < -0.39 is 6.42 Å². The first-order chi connectivity index (χ1) is 13.5. The van der Waals surface area contributed by atoms with Crippen LogP contribution in [-0.2, 0) is 18.4 Å². The molecule has 28 heavy (non-hydrogen) atoms. The number of nitrogens with zero attached hydrogens (tertiary/aromatic N) is 1. The summed E-state index contributed by atoms with van der Waals surface area (Å²) in [6, 6.07) is 21.8. The van der Waals surface area contributed by atoms with E-state index in [1.165, 1.54) is 0 Å². The molecular weight excluding hydrogens is 457 g/mol. The van der Waals surface area contributed by atoms with Gasteiger partial charge in [0.2, 0.25) is 6.42 Å². The van der Waals surface area contributed by atoms with Gasteiger partial charge in [-0.1, -0.05) is 15.9 Å². The van der Waals surface area contributed by atoms with E-state index in [0.29, 0.717) is 6.54 Å². The second-order valence-electron chi connectivity index (χ2n) is 6.32. The van der Waals surface area contributed by atoms with Gasteiger partial charge in [-0.2, -0.15) is 0 Å². The maximum Gasteiger partial charge on any atom is 0.234 e. The molecule has 1 aliphatic heterocycles. The van der Waals surface area contributed by atoms with Crippen LogP contribution in [0.5, 0.6) is 17.2 Å². The number of anilines is 1. The van der Waals surface area contributed by atoms with Gasteiger partial charge >= 0.3 is 0 Å². The molecule has 0 saturated heterocycles. The number of benzene rings is 3. The summed E-state index contributed by atoms with van der Waals surface area (Å²) in [7, 11) is 3.32. The van der Waals surface area contributed by atoms with Crippen molar-refractivity contribution in [2.24, 2.45) is 0 Å². The maximum absolute atomic E-state index is 6.52. The minimum Gasteiger partial charge on any atom is -0.497 e. The molecule has 4 nitrogen and oxygen atoms in total. The summed E-state index contributed by atoms with van der Waals surface area (Å²) >= 11 is 9.76. The third-order valence-electron chi connectivity index (χ3n) is 4.65. The minimum absolute atomic E-state index is 0.671. The zero-order valence-electron chi connectivity index (χ0n) is 15.5. The molecule has 0 spiro atoms. The Hall–Kier alpha value is -2.01. The molecule has 0 N–H and O–H groups in total. The summed E-state index contributed by atoms with van der Waals surface area (Å²) in [4.78, 5) is 0. The van der Waals surface area contributed by atoms with Gasteiger partial charge in [0.05, 0.1) is 20.8 Å². The molecule has 3 aromatic rings. The van der Waals surface area contributed by atoms with Crippen molar-refractivity contribution in [1.82, 2.24) is 0 Å². The summed E-state index contributed by atoms with van der Waals surface area (Å²) in [5.41, 5.74) is 2.10. The lowest BCUT2D eigenvalue weighted by molar-refractivity contribution is 0.414. The second kappa shape index (κ2) is 7.78. The molecule has 0 fully saturated rings. The van der Waals surface area contributed by atoms with Crippen molar-refractivity contribution < 1.29 is 14.0 Å². The number of ether oxygens (including phenoxy) is 2. The van der Waals surface area contributed by atoms with Crippen LogP contribution < -0.4 is 24.0 Å². The summed E-state index contributed by atoms with van der Waals surface area (Å²) in [6.07, 6.45) is -2.54. The highest BCUT2D eigenvalue weighted by Gasteiger charge is 2.36. The Bertz CT molecular complexity index is 1040. The zero-order valence-corrected chi connectivity index (χ0v) is 18.8. The van der Waals surface area contributed by atoms with E-state index in [2.05, 4.69) is 26.7 Å². The lowest BCUT2D eigenvalue weighted by atomic mass is 10.2. The number of fused-ring (bicyclic) bond motifs is 1. The van der Waals surface area contributed by atoms with Gasteiger partial charge in [-0.25, -0.2) is 0 Å². The SMILES string of the molecule is COc1ccc(N2Cc3cc(Br)ccc3OP2(=S)c2ccc(OC)cc2)cc1. The number of methoxy groups -OCH3 is 2. The first-order valence-corrected chi connectivity index (χ1v) is 12.1. The number of hydrogen-bond donors (Lipinski definition) is 0. The summed E-state index contributed by atoms with van der Waals surface area (Å²) < 4.78 is 20.3. The van der Waals surface area contributed by atoms with Crippen molar-refractivity contribution in [3.8, 4) is 17.2 Å². The van der Waals surface area contributed by atoms with E-state index in [1.807, 2.05) is 60.7 Å². The molecule has 7 heteroatoms. The third kappa shape index (κ3) is 3.52. The van der Waals surface area contributed by atoms with Gasteiger partial charge in [0.25, 0.3) is 0 Å². The fourth-order valence-electron chi connectivity index (χ4n) is 3.16. The molecule has 144 valence electrons. The van der Waals surface area contributed by atoms with Crippen LogP contribution in [0.15, 0.2) is 71.2 Å². The zero-order chi connectivity index (χ0) is 19.7. The molecule has 0 radical (unpaired) electrons. The summed E-state index contributed by atoms with van der Waals surface area (Å²) in [5, 5.41) is 0.979. The molecule has 3 aromatic carbocycles. The van der Waals surface area contributed by atoms with Gasteiger partial charge in [0.15, 0.2) is 0 Å². The molecule has 4 rings (SSSR count). The van der Waals surface area contributed by atoms with E-state index in [1.54, 1.807) is 14.2 Å². The van der Waals surface area contributed by atoms with Gasteiger partial charge in [-0.15, -0.1) is 0 Å². The molecule has 1 unspecified atom stereocenters. The molecule has 0 saturated carbocycles. The van der Waals surface area contributed by atoms with Crippen molar-refractivity contribution in [2.75, 3.05) is 18.9 Å². The normalized spacial score (nSPS) is 18.2. The van der Waals surface area contributed by atoms with Crippen molar-refractivity contribution in [3.05, 3.63) is 76.8 Å². The van der Waals surface area contributed by atoms with Gasteiger partial charge in [0, 0.05) is 21.0 Å². The molecular formula is C21H19BrNO3PS. The molecule has 1 heterocycles. The van der Waals surface area contributed by atoms with Gasteiger partial charge in [-0.05, 0) is 78.5 Å². The Morgan fingerprint density at radius 1 is 0.929 bits per heavy atom. The van der Waals surface area contributed by atoms with Crippen LogP contribution in [0.1, 0.15) is 5.56 Å². The molecule has 0 bridgehead atoms. The predicted molar refractivity (Wildman–Crippen MR) is 121 cm³/mol. The molecule has 0 amide bonds. The van der Waals surface area contributed by atoms with Crippen LogP contribution in [0.3, 0.4) is 0 Å². The third-order valence-corrected chi connectivity index (χ3v) is 9.00. The van der Waals surface area contributed by atoms with Crippen LogP contribution in [0.2, 0.25) is 0 Å². The minimum atomic E-state index is -2.54. The van der Waals surface area contributed by atoms with Crippen LogP contribution in [0, 0.1) is 0 Å². The lowest BCUT2D eigenvalue weighted by Gasteiger charge is -2.41. The highest BCUT2D eigenvalue weighted by atomic mass is 79.9. The van der Waals surface area contributed by atoms with Crippen LogP contribution >= 0.6 is 22.3 Å². The second-order valence-corrected chi connectivity index (χ2v) is 10.9. The maximum atomic E-state index is 6.52.